The molecule has 24 heavy (non-hydrogen) atoms. The molecule has 0 radical (unpaired) electrons. The molecule has 2 aromatic rings. The van der Waals surface area contributed by atoms with E-state index < -0.39 is 0 Å². The maximum atomic E-state index is 12.1. The van der Waals surface area contributed by atoms with Gasteiger partial charge >= 0.3 is 0 Å². The van der Waals surface area contributed by atoms with Crippen molar-refractivity contribution in [1.82, 2.24) is 25.1 Å². The lowest BCUT2D eigenvalue weighted by molar-refractivity contribution is -0.120. The number of aromatic nitrogens is 4. The largest absolute Gasteiger partial charge is 0.385 e. The van der Waals surface area contributed by atoms with Crippen molar-refractivity contribution in [2.24, 2.45) is 0 Å². The fraction of sp³-hybridized carbons (Fsp3) is 0.529. The molecular formula is C17H25N5O2. The molecule has 1 amide bonds. The van der Waals surface area contributed by atoms with Crippen LogP contribution in [0.1, 0.15) is 34.8 Å². The first-order valence-electron chi connectivity index (χ1n) is 8.05. The maximum absolute atomic E-state index is 12.1. The molecule has 2 heterocycles. The molecule has 0 aliphatic rings. The van der Waals surface area contributed by atoms with E-state index in [4.69, 9.17) is 4.74 Å². The molecule has 0 aromatic carbocycles. The van der Waals surface area contributed by atoms with E-state index in [1.54, 1.807) is 11.8 Å². The summed E-state index contributed by atoms with van der Waals surface area (Å²) in [6, 6.07) is 1.92. The molecule has 130 valence electrons. The highest BCUT2D eigenvalue weighted by Crippen LogP contribution is 2.17. The molecule has 2 aromatic heterocycles. The molecule has 1 N–H and O–H groups in total. The van der Waals surface area contributed by atoms with E-state index in [0.717, 1.165) is 34.8 Å². The van der Waals surface area contributed by atoms with E-state index in [9.17, 15) is 4.79 Å². The van der Waals surface area contributed by atoms with E-state index in [2.05, 4.69) is 20.4 Å². The Morgan fingerprint density at radius 3 is 2.50 bits per heavy atom. The summed E-state index contributed by atoms with van der Waals surface area (Å²) in [5.74, 6) is 0.526. The van der Waals surface area contributed by atoms with Crippen LogP contribution in [0.5, 0.6) is 0 Å². The molecule has 0 bridgehead atoms. The second kappa shape index (κ2) is 8.01. The fourth-order valence-electron chi connectivity index (χ4n) is 2.59. The number of carbonyl (C=O) groups excluding carboxylic acids is 1. The molecule has 0 fully saturated rings. The lowest BCUT2D eigenvalue weighted by Gasteiger charge is -2.07. The number of carbonyl (C=O) groups is 1. The van der Waals surface area contributed by atoms with Crippen LogP contribution in [0.2, 0.25) is 0 Å². The highest BCUT2D eigenvalue weighted by Gasteiger charge is 2.17. The van der Waals surface area contributed by atoms with Gasteiger partial charge in [0.15, 0.2) is 0 Å². The lowest BCUT2D eigenvalue weighted by Crippen LogP contribution is -2.27. The van der Waals surface area contributed by atoms with E-state index in [1.807, 2.05) is 33.8 Å². The lowest BCUT2D eigenvalue weighted by atomic mass is 10.1. The van der Waals surface area contributed by atoms with Gasteiger partial charge in [0.25, 0.3) is 5.95 Å². The van der Waals surface area contributed by atoms with Gasteiger partial charge in [0, 0.05) is 42.9 Å². The van der Waals surface area contributed by atoms with E-state index >= 15 is 0 Å². The van der Waals surface area contributed by atoms with Crippen molar-refractivity contribution >= 4 is 5.91 Å². The third-order valence-corrected chi connectivity index (χ3v) is 3.79. The maximum Gasteiger partial charge on any atom is 0.251 e. The Kier molecular flexibility index (Phi) is 6.03. The zero-order chi connectivity index (χ0) is 17.7. The number of nitrogens with zero attached hydrogens (tertiary/aromatic N) is 4. The number of hydrogen-bond donors (Lipinski definition) is 1. The third kappa shape index (κ3) is 4.38. The summed E-state index contributed by atoms with van der Waals surface area (Å²) >= 11 is 0. The van der Waals surface area contributed by atoms with Crippen molar-refractivity contribution in [1.29, 1.82) is 0 Å². The van der Waals surface area contributed by atoms with Gasteiger partial charge in [-0.25, -0.2) is 14.6 Å². The average Bonchev–Trinajstić information content (AvgIpc) is 2.79. The summed E-state index contributed by atoms with van der Waals surface area (Å²) in [6.45, 7) is 8.95. The summed E-state index contributed by atoms with van der Waals surface area (Å²) < 4.78 is 6.68. The second-order valence-corrected chi connectivity index (χ2v) is 5.88. The van der Waals surface area contributed by atoms with Crippen LogP contribution < -0.4 is 5.32 Å². The zero-order valence-corrected chi connectivity index (χ0v) is 15.0. The van der Waals surface area contributed by atoms with Crippen molar-refractivity contribution in [3.05, 3.63) is 34.4 Å². The zero-order valence-electron chi connectivity index (χ0n) is 15.0. The Balaban J connectivity index is 2.15. The van der Waals surface area contributed by atoms with E-state index in [-0.39, 0.29) is 5.91 Å². The van der Waals surface area contributed by atoms with Crippen LogP contribution in [0.4, 0.5) is 0 Å². The Morgan fingerprint density at radius 2 is 1.88 bits per heavy atom. The van der Waals surface area contributed by atoms with Gasteiger partial charge in [0.05, 0.1) is 12.1 Å². The Morgan fingerprint density at radius 1 is 1.21 bits per heavy atom. The smallest absolute Gasteiger partial charge is 0.251 e. The summed E-state index contributed by atoms with van der Waals surface area (Å²) in [5, 5.41) is 7.42. The minimum atomic E-state index is -0.0156. The quantitative estimate of drug-likeness (QED) is 0.779. The van der Waals surface area contributed by atoms with Crippen LogP contribution in [0.25, 0.3) is 5.95 Å². The second-order valence-electron chi connectivity index (χ2n) is 5.88. The molecule has 0 unspecified atom stereocenters. The first kappa shape index (κ1) is 18.1. The minimum absolute atomic E-state index is 0.0156. The Labute approximate surface area is 142 Å². The van der Waals surface area contributed by atoms with Gasteiger partial charge < -0.3 is 10.1 Å². The standard InChI is InChI=1S/C17H25N5O2/c1-11-9-12(2)20-17(19-11)22-14(4)15(13(3)21-22)10-16(23)18-7-6-8-24-5/h9H,6-8,10H2,1-5H3,(H,18,23). The summed E-state index contributed by atoms with van der Waals surface area (Å²) in [6.07, 6.45) is 1.10. The van der Waals surface area contributed by atoms with Gasteiger partial charge in [-0.05, 0) is 40.2 Å². The molecule has 0 saturated heterocycles. The fourth-order valence-corrected chi connectivity index (χ4v) is 2.59. The highest BCUT2D eigenvalue weighted by atomic mass is 16.5. The van der Waals surface area contributed by atoms with Crippen LogP contribution in [0.3, 0.4) is 0 Å². The normalized spacial score (nSPS) is 10.9. The van der Waals surface area contributed by atoms with Crippen molar-refractivity contribution < 1.29 is 9.53 Å². The topological polar surface area (TPSA) is 81.9 Å². The number of ether oxygens (including phenoxy) is 1. The van der Waals surface area contributed by atoms with Crippen molar-refractivity contribution in [2.75, 3.05) is 20.3 Å². The molecule has 7 heteroatoms. The number of hydrogen-bond acceptors (Lipinski definition) is 5. The summed E-state index contributed by atoms with van der Waals surface area (Å²) in [5.41, 5.74) is 4.42. The molecule has 0 saturated carbocycles. The van der Waals surface area contributed by atoms with Crippen LogP contribution in [0.15, 0.2) is 6.07 Å². The van der Waals surface area contributed by atoms with Crippen molar-refractivity contribution in [2.45, 2.75) is 40.5 Å². The predicted octanol–water partition coefficient (Wildman–Crippen LogP) is 1.59. The molecule has 0 aliphatic carbocycles. The van der Waals surface area contributed by atoms with Gasteiger partial charge in [-0.15, -0.1) is 0 Å². The molecular weight excluding hydrogens is 306 g/mol. The average molecular weight is 331 g/mol. The Hall–Kier alpha value is -2.28. The first-order chi connectivity index (χ1) is 11.4. The summed E-state index contributed by atoms with van der Waals surface area (Å²) in [4.78, 5) is 21.0. The molecule has 2 rings (SSSR count). The van der Waals surface area contributed by atoms with Crippen LogP contribution in [0, 0.1) is 27.7 Å². The molecule has 0 spiro atoms. The third-order valence-electron chi connectivity index (χ3n) is 3.79. The molecule has 0 aliphatic heterocycles. The van der Waals surface area contributed by atoms with E-state index in [1.165, 1.54) is 0 Å². The minimum Gasteiger partial charge on any atom is -0.385 e. The van der Waals surface area contributed by atoms with Crippen molar-refractivity contribution in [3.8, 4) is 5.95 Å². The van der Waals surface area contributed by atoms with E-state index in [0.29, 0.717) is 25.5 Å². The van der Waals surface area contributed by atoms with Crippen LogP contribution in [-0.4, -0.2) is 45.9 Å². The van der Waals surface area contributed by atoms with Gasteiger partial charge in [0.1, 0.15) is 0 Å². The van der Waals surface area contributed by atoms with Crippen molar-refractivity contribution in [3.63, 3.8) is 0 Å². The molecule has 7 nitrogen and oxygen atoms in total. The SMILES string of the molecule is COCCCNC(=O)Cc1c(C)nn(-c2nc(C)cc(C)n2)c1C. The van der Waals surface area contributed by atoms with Crippen LogP contribution >= 0.6 is 0 Å². The Bertz CT molecular complexity index is 704. The van der Waals surface area contributed by atoms with Crippen LogP contribution in [-0.2, 0) is 16.0 Å². The van der Waals surface area contributed by atoms with Gasteiger partial charge in [-0.3, -0.25) is 4.79 Å². The number of rotatable bonds is 7. The molecule has 0 atom stereocenters. The van der Waals surface area contributed by atoms with Gasteiger partial charge in [-0.1, -0.05) is 0 Å². The monoisotopic (exact) mass is 331 g/mol. The summed E-state index contributed by atoms with van der Waals surface area (Å²) in [7, 11) is 1.65. The predicted molar refractivity (Wildman–Crippen MR) is 91.3 cm³/mol. The number of aryl methyl sites for hydroxylation is 3. The van der Waals surface area contributed by atoms with Gasteiger partial charge in [-0.2, -0.15) is 5.10 Å². The number of nitrogens with one attached hydrogen (secondary N) is 1. The highest BCUT2D eigenvalue weighted by molar-refractivity contribution is 5.79. The number of methoxy groups -OCH3 is 1. The number of amides is 1. The first-order valence-corrected chi connectivity index (χ1v) is 8.05. The van der Waals surface area contributed by atoms with Gasteiger partial charge in [0.2, 0.25) is 5.91 Å².